The summed E-state index contributed by atoms with van der Waals surface area (Å²) in [5, 5.41) is 3.08. The SMILES string of the molecule is CCS(=O)(=O)c1cccc(S(=O)(=O)N2CCCC(CNC)C2)c1. The molecule has 1 aliphatic rings. The fraction of sp³-hybridized carbons (Fsp3) is 0.600. The van der Waals surface area contributed by atoms with Crippen molar-refractivity contribution in [2.45, 2.75) is 29.6 Å². The first-order valence-corrected chi connectivity index (χ1v) is 10.9. The normalized spacial score (nSPS) is 20.5. The quantitative estimate of drug-likeness (QED) is 0.821. The third-order valence-electron chi connectivity index (χ3n) is 4.16. The van der Waals surface area contributed by atoms with Gasteiger partial charge in [-0.15, -0.1) is 0 Å². The molecule has 0 amide bonds. The van der Waals surface area contributed by atoms with Gasteiger partial charge in [0, 0.05) is 13.1 Å². The molecule has 1 aliphatic heterocycles. The van der Waals surface area contributed by atoms with E-state index in [1.165, 1.54) is 28.6 Å². The highest BCUT2D eigenvalue weighted by Gasteiger charge is 2.30. The maximum absolute atomic E-state index is 12.8. The first-order valence-electron chi connectivity index (χ1n) is 7.79. The number of piperidine rings is 1. The van der Waals surface area contributed by atoms with Crippen molar-refractivity contribution in [3.05, 3.63) is 24.3 Å². The van der Waals surface area contributed by atoms with E-state index in [0.717, 1.165) is 19.4 Å². The van der Waals surface area contributed by atoms with Gasteiger partial charge >= 0.3 is 0 Å². The number of hydrogen-bond acceptors (Lipinski definition) is 5. The molecule has 1 aromatic carbocycles. The lowest BCUT2D eigenvalue weighted by Gasteiger charge is -2.31. The van der Waals surface area contributed by atoms with Crippen molar-refractivity contribution < 1.29 is 16.8 Å². The molecule has 1 heterocycles. The first-order chi connectivity index (χ1) is 10.8. The summed E-state index contributed by atoms with van der Waals surface area (Å²) < 4.78 is 51.1. The van der Waals surface area contributed by atoms with E-state index in [4.69, 9.17) is 0 Å². The number of hydrogen-bond donors (Lipinski definition) is 1. The van der Waals surface area contributed by atoms with Gasteiger partial charge in [0.05, 0.1) is 15.5 Å². The molecule has 8 heteroatoms. The van der Waals surface area contributed by atoms with Gasteiger partial charge in [0.25, 0.3) is 0 Å². The van der Waals surface area contributed by atoms with Crippen LogP contribution in [0.2, 0.25) is 0 Å². The molecule has 1 saturated heterocycles. The summed E-state index contributed by atoms with van der Waals surface area (Å²) in [6.45, 7) is 3.26. The number of rotatable bonds is 6. The average molecular weight is 361 g/mol. The van der Waals surface area contributed by atoms with Crippen molar-refractivity contribution in [2.24, 2.45) is 5.92 Å². The molecule has 0 spiro atoms. The van der Waals surface area contributed by atoms with Gasteiger partial charge in [0.15, 0.2) is 9.84 Å². The molecule has 23 heavy (non-hydrogen) atoms. The van der Waals surface area contributed by atoms with Gasteiger partial charge in [0.1, 0.15) is 0 Å². The van der Waals surface area contributed by atoms with E-state index in [9.17, 15) is 16.8 Å². The van der Waals surface area contributed by atoms with E-state index in [1.54, 1.807) is 6.92 Å². The van der Waals surface area contributed by atoms with Crippen molar-refractivity contribution >= 4 is 19.9 Å². The van der Waals surface area contributed by atoms with E-state index in [-0.39, 0.29) is 21.5 Å². The second-order valence-corrected chi connectivity index (χ2v) is 10.0. The Morgan fingerprint density at radius 1 is 1.22 bits per heavy atom. The third kappa shape index (κ3) is 4.12. The number of sulfonamides is 1. The number of nitrogens with zero attached hydrogens (tertiary/aromatic N) is 1. The summed E-state index contributed by atoms with van der Waals surface area (Å²) >= 11 is 0. The molecular formula is C15H24N2O4S2. The van der Waals surface area contributed by atoms with Crippen LogP contribution in [0, 0.1) is 5.92 Å². The topological polar surface area (TPSA) is 83.5 Å². The predicted octanol–water partition coefficient (Wildman–Crippen LogP) is 1.10. The molecule has 1 fully saturated rings. The van der Waals surface area contributed by atoms with Gasteiger partial charge in [-0.3, -0.25) is 0 Å². The van der Waals surface area contributed by atoms with Crippen molar-refractivity contribution in [3.63, 3.8) is 0 Å². The smallest absolute Gasteiger partial charge is 0.243 e. The van der Waals surface area contributed by atoms with E-state index >= 15 is 0 Å². The fourth-order valence-electron chi connectivity index (χ4n) is 2.84. The van der Waals surface area contributed by atoms with Gasteiger partial charge in [-0.05, 0) is 50.6 Å². The van der Waals surface area contributed by atoms with Crippen molar-refractivity contribution in [1.29, 1.82) is 0 Å². The zero-order valence-corrected chi connectivity index (χ0v) is 15.2. The van der Waals surface area contributed by atoms with Crippen LogP contribution < -0.4 is 5.32 Å². The van der Waals surface area contributed by atoms with Crippen molar-refractivity contribution in [1.82, 2.24) is 9.62 Å². The van der Waals surface area contributed by atoms with Gasteiger partial charge in [-0.25, -0.2) is 16.8 Å². The minimum atomic E-state index is -3.66. The van der Waals surface area contributed by atoms with Crippen LogP contribution in [-0.4, -0.2) is 53.6 Å². The second kappa shape index (κ2) is 7.29. The Labute approximate surface area is 138 Å². The van der Waals surface area contributed by atoms with Crippen LogP contribution in [0.3, 0.4) is 0 Å². The van der Waals surface area contributed by atoms with Crippen LogP contribution in [0.4, 0.5) is 0 Å². The molecule has 0 aromatic heterocycles. The molecule has 130 valence electrons. The number of sulfone groups is 1. The lowest BCUT2D eigenvalue weighted by molar-refractivity contribution is 0.263. The maximum atomic E-state index is 12.8. The Morgan fingerprint density at radius 2 is 1.91 bits per heavy atom. The average Bonchev–Trinajstić information content (AvgIpc) is 2.55. The Kier molecular flexibility index (Phi) is 5.83. The monoisotopic (exact) mass is 360 g/mol. The molecule has 0 saturated carbocycles. The van der Waals surface area contributed by atoms with Crippen LogP contribution in [0.15, 0.2) is 34.1 Å². The Bertz CT molecular complexity index is 742. The Morgan fingerprint density at radius 3 is 2.57 bits per heavy atom. The van der Waals surface area contributed by atoms with Crippen LogP contribution in [-0.2, 0) is 19.9 Å². The zero-order chi connectivity index (χ0) is 17.1. The lowest BCUT2D eigenvalue weighted by atomic mass is 10.00. The van der Waals surface area contributed by atoms with Crippen molar-refractivity contribution in [3.8, 4) is 0 Å². The minimum absolute atomic E-state index is 0.0511. The summed E-state index contributed by atoms with van der Waals surface area (Å²) in [7, 11) is -5.23. The first kappa shape index (κ1) is 18.4. The summed E-state index contributed by atoms with van der Waals surface area (Å²) in [5.41, 5.74) is 0. The second-order valence-electron chi connectivity index (χ2n) is 5.81. The van der Waals surface area contributed by atoms with Crippen molar-refractivity contribution in [2.75, 3.05) is 32.4 Å². The summed E-state index contributed by atoms with van der Waals surface area (Å²) in [4.78, 5) is 0.113. The number of nitrogens with one attached hydrogen (secondary N) is 1. The molecule has 1 N–H and O–H groups in total. The molecule has 6 nitrogen and oxygen atoms in total. The molecular weight excluding hydrogens is 336 g/mol. The van der Waals surface area contributed by atoms with E-state index in [2.05, 4.69) is 5.32 Å². The number of benzene rings is 1. The molecule has 1 atom stereocenters. The van der Waals surface area contributed by atoms with Gasteiger partial charge in [-0.1, -0.05) is 13.0 Å². The molecule has 2 rings (SSSR count). The summed E-state index contributed by atoms with van der Waals surface area (Å²) in [6, 6.07) is 5.67. The zero-order valence-electron chi connectivity index (χ0n) is 13.5. The highest BCUT2D eigenvalue weighted by molar-refractivity contribution is 7.91. The molecule has 1 aromatic rings. The Balaban J connectivity index is 2.31. The molecule has 0 radical (unpaired) electrons. The predicted molar refractivity (Wildman–Crippen MR) is 89.6 cm³/mol. The highest BCUT2D eigenvalue weighted by Crippen LogP contribution is 2.25. The fourth-order valence-corrected chi connectivity index (χ4v) is 5.45. The molecule has 0 bridgehead atoms. The highest BCUT2D eigenvalue weighted by atomic mass is 32.2. The lowest BCUT2D eigenvalue weighted by Crippen LogP contribution is -2.42. The van der Waals surface area contributed by atoms with Crippen LogP contribution >= 0.6 is 0 Å². The van der Waals surface area contributed by atoms with Crippen LogP contribution in [0.25, 0.3) is 0 Å². The summed E-state index contributed by atoms with van der Waals surface area (Å²) in [5.74, 6) is 0.232. The molecule has 1 unspecified atom stereocenters. The van der Waals surface area contributed by atoms with E-state index in [1.807, 2.05) is 7.05 Å². The summed E-state index contributed by atoms with van der Waals surface area (Å²) in [6.07, 6.45) is 1.82. The third-order valence-corrected chi connectivity index (χ3v) is 7.75. The minimum Gasteiger partial charge on any atom is -0.319 e. The largest absolute Gasteiger partial charge is 0.319 e. The van der Waals surface area contributed by atoms with Gasteiger partial charge in [0.2, 0.25) is 10.0 Å². The van der Waals surface area contributed by atoms with Crippen LogP contribution in [0.1, 0.15) is 19.8 Å². The van der Waals surface area contributed by atoms with E-state index < -0.39 is 19.9 Å². The standard InChI is InChI=1S/C15H24N2O4S2/c1-3-22(18,19)14-7-4-8-15(10-14)23(20,21)17-9-5-6-13(12-17)11-16-2/h4,7-8,10,13,16H,3,5-6,9,11-12H2,1-2H3. The van der Waals surface area contributed by atoms with Crippen LogP contribution in [0.5, 0.6) is 0 Å². The van der Waals surface area contributed by atoms with Gasteiger partial charge < -0.3 is 5.32 Å². The maximum Gasteiger partial charge on any atom is 0.243 e. The Hall–Kier alpha value is -0.960. The van der Waals surface area contributed by atoms with Gasteiger partial charge in [-0.2, -0.15) is 4.31 Å². The van der Waals surface area contributed by atoms with E-state index in [0.29, 0.717) is 13.1 Å². The molecule has 0 aliphatic carbocycles.